The van der Waals surface area contributed by atoms with Gasteiger partial charge < -0.3 is 42.2 Å². The van der Waals surface area contributed by atoms with Gasteiger partial charge in [0.1, 0.15) is 0 Å². The number of aromatic amines is 3. The monoisotopic (exact) mass is 1480 g/mol. The van der Waals surface area contributed by atoms with Crippen LogP contribution in [0.3, 0.4) is 0 Å². The van der Waals surface area contributed by atoms with Crippen LogP contribution in [0.15, 0.2) is 179 Å². The van der Waals surface area contributed by atoms with Crippen molar-refractivity contribution in [3.63, 3.8) is 0 Å². The number of hydrogen-bond donors (Lipinski definition) is 11. The Balaban J connectivity index is 0.000000133. The number of H-pyrrole nitrogens is 3. The minimum absolute atomic E-state index is 0. The van der Waals surface area contributed by atoms with E-state index in [0.29, 0.717) is 39.3 Å². The first-order valence-corrected chi connectivity index (χ1v) is 35.2. The molecule has 3 aliphatic heterocycles. The molecule has 546 valence electrons. The van der Waals surface area contributed by atoms with E-state index in [2.05, 4.69) is 121 Å². The summed E-state index contributed by atoms with van der Waals surface area (Å²) in [5.41, 5.74) is 43.5. The van der Waals surface area contributed by atoms with Crippen molar-refractivity contribution in [3.05, 3.63) is 248 Å². The molecule has 0 saturated heterocycles. The van der Waals surface area contributed by atoms with E-state index in [1.54, 1.807) is 62.4 Å². The van der Waals surface area contributed by atoms with Gasteiger partial charge >= 0.3 is 5.97 Å². The lowest BCUT2D eigenvalue weighted by atomic mass is 9.90. The molecule has 25 heteroatoms. The average Bonchev–Trinajstić information content (AvgIpc) is 1.61. The van der Waals surface area contributed by atoms with Crippen LogP contribution in [0, 0.1) is 50.4 Å². The number of rotatable bonds is 11. The van der Waals surface area contributed by atoms with E-state index in [4.69, 9.17) is 16.6 Å². The van der Waals surface area contributed by atoms with Crippen LogP contribution in [0.5, 0.6) is 0 Å². The highest BCUT2D eigenvalue weighted by Gasteiger charge is 2.34. The molecule has 12 aromatic rings. The summed E-state index contributed by atoms with van der Waals surface area (Å²) in [5, 5.41) is 29.4. The topological polar surface area (TPSA) is 358 Å². The van der Waals surface area contributed by atoms with Gasteiger partial charge in [-0.2, -0.15) is 15.3 Å². The number of hydrazone groups is 3. The molecule has 18 rings (SSSR count). The second-order valence-electron chi connectivity index (χ2n) is 28.0. The Hall–Kier alpha value is -12.4. The van der Waals surface area contributed by atoms with Gasteiger partial charge in [0.05, 0.1) is 64.4 Å². The van der Waals surface area contributed by atoms with Gasteiger partial charge in [0.2, 0.25) is 11.8 Å². The van der Waals surface area contributed by atoms with Gasteiger partial charge in [0.15, 0.2) is 0 Å². The van der Waals surface area contributed by atoms with Crippen LogP contribution in [0.4, 0.5) is 17.1 Å². The number of nitrogens with two attached hydrogens (primary N) is 2. The van der Waals surface area contributed by atoms with Crippen LogP contribution < -0.4 is 38.4 Å². The van der Waals surface area contributed by atoms with Gasteiger partial charge in [0, 0.05) is 125 Å². The number of carbonyl (C=O) groups excluding carboxylic acids is 5. The maximum atomic E-state index is 13.2. The van der Waals surface area contributed by atoms with Gasteiger partial charge in [0.25, 0.3) is 17.7 Å². The summed E-state index contributed by atoms with van der Waals surface area (Å²) in [4.78, 5) is 98.2. The fourth-order valence-electron chi connectivity index (χ4n) is 15.2. The number of pyridine rings is 3. The van der Waals surface area contributed by atoms with Crippen LogP contribution in [-0.2, 0) is 52.9 Å². The van der Waals surface area contributed by atoms with Crippen molar-refractivity contribution in [3.8, 4) is 33.8 Å². The zero-order valence-corrected chi connectivity index (χ0v) is 61.2. The van der Waals surface area contributed by atoms with E-state index in [-0.39, 0.29) is 83.9 Å². The predicted molar refractivity (Wildman–Crippen MR) is 426 cm³/mol. The summed E-state index contributed by atoms with van der Waals surface area (Å²) < 4.78 is 0. The number of amides is 5. The smallest absolute Gasteiger partial charge is 0.306 e. The number of carboxylic acid groups (broad SMARTS) is 1. The Morgan fingerprint density at radius 3 is 1.11 bits per heavy atom. The highest BCUT2D eigenvalue weighted by Crippen LogP contribution is 2.40. The van der Waals surface area contributed by atoms with Gasteiger partial charge in [-0.05, 0) is 183 Å². The molecule has 9 heterocycles. The van der Waals surface area contributed by atoms with Gasteiger partial charge in [-0.3, -0.25) is 43.7 Å². The molecule has 3 atom stereocenters. The van der Waals surface area contributed by atoms with E-state index in [1.165, 1.54) is 33.4 Å². The standard InChI is InChI=1S/C28H25N5O2.C27H24N6O2.C16H13N5O.C12H14O2.2ClH/c1-15-7-8-19(13-29-15)26-23-14-30-33-28(35)22-11-21(12-24(32-26)25(22)23)31-27(34)16(2)20-9-17-5-3-4-6-18(17)10-20;1-14-6-7-17(12-29-14)25-21-13-30-33-26(34)20-10-19(11-22(32-25)23(20)21)31-27(35)24(28)18-8-15-4-2-3-5-16(15)9-18;1-8-2-3-9(6-18-8)15-12-7-19-21-16(22)11-4-10(17)5-13(20-15)14(11)12;1-8(12(13)14)11-6-9-4-2-3-5-10(9)7-11;;/h3-8,11-14,16,20,32H,9-10H2,1-2H3,(H,31,34)(H,33,35);2-7,10-13,18,24,32H,8-9,28H2,1H3,(H,31,35)(H,33,34);2-7,20H,17H2,1H3,(H,21,22);2-5,8,11H,6-7H2,1H3,(H,13,14);2*1H/t16-;24-;;8-;;/m11.1../s1. The highest BCUT2D eigenvalue weighted by atomic mass is 35.5. The minimum atomic E-state index is -0.678. The zero-order chi connectivity index (χ0) is 73.6. The first kappa shape index (κ1) is 73.9. The second-order valence-corrected chi connectivity index (χ2v) is 28.0. The minimum Gasteiger partial charge on any atom is -0.481 e. The van der Waals surface area contributed by atoms with E-state index in [1.807, 2.05) is 107 Å². The van der Waals surface area contributed by atoms with Crippen LogP contribution in [-0.4, -0.2) is 95.2 Å². The van der Waals surface area contributed by atoms with Crippen molar-refractivity contribution >= 4 is 129 Å². The van der Waals surface area contributed by atoms with Crippen molar-refractivity contribution < 1.29 is 33.9 Å². The number of nitrogens with one attached hydrogen (secondary N) is 8. The Labute approximate surface area is 633 Å². The molecule has 0 saturated carbocycles. The quantitative estimate of drug-likeness (QED) is 0.0538. The summed E-state index contributed by atoms with van der Waals surface area (Å²) in [6.07, 6.45) is 15.5. The number of halogens is 2. The number of nitrogen functional groups attached to an aromatic ring is 1. The van der Waals surface area contributed by atoms with E-state index >= 15 is 0 Å². The number of benzene rings is 6. The molecule has 5 amide bonds. The first-order valence-electron chi connectivity index (χ1n) is 35.2. The normalized spacial score (nSPS) is 15.1. The number of nitrogens with zero attached hydrogens (tertiary/aromatic N) is 6. The van der Waals surface area contributed by atoms with Crippen molar-refractivity contribution in [1.29, 1.82) is 0 Å². The summed E-state index contributed by atoms with van der Waals surface area (Å²) >= 11 is 0. The Kier molecular flexibility index (Phi) is 21.2. The number of carbonyl (C=O) groups is 6. The third-order valence-corrected chi connectivity index (χ3v) is 21.1. The molecule has 6 aromatic heterocycles. The number of aromatic nitrogens is 6. The number of carboxylic acids is 1. The molecule has 6 aromatic carbocycles. The van der Waals surface area contributed by atoms with Gasteiger partial charge in [-0.1, -0.05) is 86.6 Å². The number of hydrogen-bond acceptors (Lipinski definition) is 14. The second kappa shape index (κ2) is 30.9. The molecule has 0 radical (unpaired) electrons. The molecular formula is C83H78Cl2N16O7. The Morgan fingerprint density at radius 2 is 0.769 bits per heavy atom. The fourth-order valence-corrected chi connectivity index (χ4v) is 15.2. The van der Waals surface area contributed by atoms with Crippen LogP contribution in [0.1, 0.15) is 112 Å². The summed E-state index contributed by atoms with van der Waals surface area (Å²) in [6.45, 7) is 9.59. The van der Waals surface area contributed by atoms with E-state index in [0.717, 1.165) is 133 Å². The van der Waals surface area contributed by atoms with Crippen molar-refractivity contribution in [1.82, 2.24) is 46.2 Å². The Bertz CT molecular complexity index is 5340. The SMILES string of the molecule is C[C@@H](C(=O)O)C1Cc2ccccc2C1.Cc1ccc(-c2[nH]c3cc(N)cc4c3c2C=NNC4=O)cn1.Cc1ccc(-c2[nH]c3cc(NC(=O)[C@H](C)C4Cc5ccccc5C4)cc4c3c2C=NNC4=O)cn1.Cc1ccc(-c2[nH]c3cc(NC(=O)[C@H](N)C4Cc5ccccc5C4)cc4c3c2C=NNC4=O)cn1.Cl.Cl. The first-order chi connectivity index (χ1) is 51.3. The molecule has 0 unspecified atom stereocenters. The summed E-state index contributed by atoms with van der Waals surface area (Å²) in [6, 6.07) is 46.5. The summed E-state index contributed by atoms with van der Waals surface area (Å²) in [7, 11) is 0. The van der Waals surface area contributed by atoms with E-state index < -0.39 is 12.0 Å². The molecule has 23 nitrogen and oxygen atoms in total. The van der Waals surface area contributed by atoms with E-state index in [9.17, 15) is 28.8 Å². The summed E-state index contributed by atoms with van der Waals surface area (Å²) in [5.74, 6) is -1.74. The molecule has 0 spiro atoms. The maximum Gasteiger partial charge on any atom is 0.306 e. The largest absolute Gasteiger partial charge is 0.481 e. The van der Waals surface area contributed by atoms with Gasteiger partial charge in [-0.15, -0.1) is 24.8 Å². The van der Waals surface area contributed by atoms with Crippen molar-refractivity contribution in [2.45, 2.75) is 79.2 Å². The van der Waals surface area contributed by atoms with Gasteiger partial charge in [-0.25, -0.2) is 16.3 Å². The number of aliphatic carboxylic acids is 1. The van der Waals surface area contributed by atoms with Crippen molar-refractivity contribution in [2.24, 2.45) is 50.6 Å². The zero-order valence-electron chi connectivity index (χ0n) is 59.6. The lowest BCUT2D eigenvalue weighted by Crippen LogP contribution is -2.42. The third-order valence-electron chi connectivity index (χ3n) is 21.1. The lowest BCUT2D eigenvalue weighted by molar-refractivity contribution is -0.142. The predicted octanol–water partition coefficient (Wildman–Crippen LogP) is 13.1. The molecule has 0 bridgehead atoms. The molecule has 108 heavy (non-hydrogen) atoms. The highest BCUT2D eigenvalue weighted by molar-refractivity contribution is 6.21. The molecule has 6 aliphatic rings. The molecular weight excluding hydrogens is 1400 g/mol. The number of aryl methyl sites for hydroxylation is 3. The number of fused-ring (bicyclic) bond motifs is 3. The lowest BCUT2D eigenvalue weighted by Gasteiger charge is -2.19. The molecule has 0 fully saturated rings. The maximum absolute atomic E-state index is 13.2. The van der Waals surface area contributed by atoms with Crippen molar-refractivity contribution in [2.75, 3.05) is 16.4 Å². The average molecular weight is 1480 g/mol. The van der Waals surface area contributed by atoms with Crippen LogP contribution in [0.2, 0.25) is 0 Å². The van der Waals surface area contributed by atoms with Crippen LogP contribution >= 0.6 is 24.8 Å². The fraction of sp³-hybridized carbons (Fsp3) is 0.205. The van der Waals surface area contributed by atoms with Crippen LogP contribution in [0.25, 0.3) is 66.5 Å². The Morgan fingerprint density at radius 1 is 0.444 bits per heavy atom. The molecule has 13 N–H and O–H groups in total. The third kappa shape index (κ3) is 14.8. The molecule has 3 aliphatic carbocycles. The number of anilines is 3.